The van der Waals surface area contributed by atoms with Crippen LogP contribution in [0.15, 0.2) is 51.7 Å². The standard InChI is InChI=1S/C21H18O5/c22-20(23)10-13-4-6-14(7-5-13)12-25-15-8-9-17-16-2-1-3-18(16)21(24)26-19(17)11-15/h4-9,11H,1-3,10,12H2,(H,22,23). The Hall–Kier alpha value is -3.08. The number of carboxylic acids is 1. The molecule has 1 aromatic heterocycles. The van der Waals surface area contributed by atoms with Gasteiger partial charge in [0.1, 0.15) is 17.9 Å². The molecule has 1 heterocycles. The molecule has 0 fully saturated rings. The van der Waals surface area contributed by atoms with Crippen molar-refractivity contribution in [1.29, 1.82) is 0 Å². The van der Waals surface area contributed by atoms with E-state index in [4.69, 9.17) is 14.3 Å². The highest BCUT2D eigenvalue weighted by Gasteiger charge is 2.19. The predicted molar refractivity (Wildman–Crippen MR) is 96.6 cm³/mol. The van der Waals surface area contributed by atoms with Gasteiger partial charge in [0, 0.05) is 17.0 Å². The van der Waals surface area contributed by atoms with E-state index in [0.29, 0.717) is 17.9 Å². The molecule has 0 saturated heterocycles. The number of hydrogen-bond acceptors (Lipinski definition) is 4. The summed E-state index contributed by atoms with van der Waals surface area (Å²) in [5.74, 6) is -0.216. The van der Waals surface area contributed by atoms with Crippen LogP contribution < -0.4 is 10.4 Å². The lowest BCUT2D eigenvalue weighted by Crippen LogP contribution is -2.07. The van der Waals surface area contributed by atoms with Crippen LogP contribution in [0, 0.1) is 0 Å². The van der Waals surface area contributed by atoms with Crippen molar-refractivity contribution in [3.05, 3.63) is 75.1 Å². The first-order chi connectivity index (χ1) is 12.6. The van der Waals surface area contributed by atoms with E-state index in [1.54, 1.807) is 18.2 Å². The minimum absolute atomic E-state index is 0.00909. The van der Waals surface area contributed by atoms with Gasteiger partial charge in [-0.2, -0.15) is 0 Å². The van der Waals surface area contributed by atoms with Crippen molar-refractivity contribution in [3.63, 3.8) is 0 Å². The van der Waals surface area contributed by atoms with Crippen LogP contribution in [0.2, 0.25) is 0 Å². The fourth-order valence-corrected chi connectivity index (χ4v) is 3.45. The predicted octanol–water partition coefficient (Wildman–Crippen LogP) is 3.49. The Morgan fingerprint density at radius 1 is 1.04 bits per heavy atom. The first kappa shape index (κ1) is 16.4. The molecule has 132 valence electrons. The number of fused-ring (bicyclic) bond motifs is 3. The van der Waals surface area contributed by atoms with Gasteiger partial charge in [0.05, 0.1) is 6.42 Å². The maximum atomic E-state index is 12.1. The lowest BCUT2D eigenvalue weighted by molar-refractivity contribution is -0.136. The van der Waals surface area contributed by atoms with Gasteiger partial charge in [0.25, 0.3) is 0 Å². The Bertz CT molecular complexity index is 1030. The molecule has 1 aliphatic rings. The number of hydrogen-bond donors (Lipinski definition) is 1. The summed E-state index contributed by atoms with van der Waals surface area (Å²) in [7, 11) is 0. The largest absolute Gasteiger partial charge is 0.489 e. The van der Waals surface area contributed by atoms with Crippen molar-refractivity contribution < 1.29 is 19.1 Å². The normalized spacial score (nSPS) is 12.9. The highest BCUT2D eigenvalue weighted by atomic mass is 16.5. The van der Waals surface area contributed by atoms with E-state index in [1.807, 2.05) is 24.3 Å². The quantitative estimate of drug-likeness (QED) is 0.713. The smallest absolute Gasteiger partial charge is 0.339 e. The number of aliphatic carboxylic acids is 1. The van der Waals surface area contributed by atoms with E-state index < -0.39 is 5.97 Å². The third kappa shape index (κ3) is 3.20. The second kappa shape index (κ2) is 6.67. The summed E-state index contributed by atoms with van der Waals surface area (Å²) in [5.41, 5.74) is 3.93. The topological polar surface area (TPSA) is 76.7 Å². The van der Waals surface area contributed by atoms with Gasteiger partial charge in [-0.3, -0.25) is 4.79 Å². The lowest BCUT2D eigenvalue weighted by atomic mass is 10.1. The van der Waals surface area contributed by atoms with Crippen LogP contribution in [-0.4, -0.2) is 11.1 Å². The van der Waals surface area contributed by atoms with Crippen LogP contribution in [0.3, 0.4) is 0 Å². The highest BCUT2D eigenvalue weighted by Crippen LogP contribution is 2.29. The number of aryl methyl sites for hydroxylation is 1. The van der Waals surface area contributed by atoms with Gasteiger partial charge in [-0.1, -0.05) is 24.3 Å². The first-order valence-electron chi connectivity index (χ1n) is 8.61. The van der Waals surface area contributed by atoms with Gasteiger partial charge in [0.2, 0.25) is 0 Å². The zero-order valence-corrected chi connectivity index (χ0v) is 14.2. The molecule has 0 spiro atoms. The minimum atomic E-state index is -0.849. The summed E-state index contributed by atoms with van der Waals surface area (Å²) in [6.45, 7) is 0.355. The van der Waals surface area contributed by atoms with Crippen molar-refractivity contribution in [2.24, 2.45) is 0 Å². The van der Waals surface area contributed by atoms with E-state index in [0.717, 1.165) is 46.9 Å². The second-order valence-corrected chi connectivity index (χ2v) is 6.53. The van der Waals surface area contributed by atoms with Crippen molar-refractivity contribution in [1.82, 2.24) is 0 Å². The second-order valence-electron chi connectivity index (χ2n) is 6.53. The van der Waals surface area contributed by atoms with Crippen LogP contribution in [-0.2, 0) is 30.7 Å². The monoisotopic (exact) mass is 350 g/mol. The fourth-order valence-electron chi connectivity index (χ4n) is 3.45. The molecule has 0 saturated carbocycles. The fraction of sp³-hybridized carbons (Fsp3) is 0.238. The van der Waals surface area contributed by atoms with Crippen molar-refractivity contribution in [3.8, 4) is 5.75 Å². The van der Waals surface area contributed by atoms with Gasteiger partial charge in [-0.25, -0.2) is 4.79 Å². The lowest BCUT2D eigenvalue weighted by Gasteiger charge is -2.09. The van der Waals surface area contributed by atoms with Crippen molar-refractivity contribution in [2.75, 3.05) is 0 Å². The number of carboxylic acid groups (broad SMARTS) is 1. The highest BCUT2D eigenvalue weighted by molar-refractivity contribution is 5.83. The summed E-state index contributed by atoms with van der Waals surface area (Å²) in [6.07, 6.45) is 2.72. The summed E-state index contributed by atoms with van der Waals surface area (Å²) < 4.78 is 11.3. The molecule has 0 aliphatic heterocycles. The first-order valence-corrected chi connectivity index (χ1v) is 8.61. The number of rotatable bonds is 5. The van der Waals surface area contributed by atoms with Gasteiger partial charge in [0.15, 0.2) is 0 Å². The Morgan fingerprint density at radius 3 is 2.54 bits per heavy atom. The van der Waals surface area contributed by atoms with Gasteiger partial charge < -0.3 is 14.3 Å². The third-order valence-corrected chi connectivity index (χ3v) is 4.73. The summed E-state index contributed by atoms with van der Waals surface area (Å²) >= 11 is 0. The van der Waals surface area contributed by atoms with Crippen molar-refractivity contribution >= 4 is 16.9 Å². The average molecular weight is 350 g/mol. The SMILES string of the molecule is O=C(O)Cc1ccc(COc2ccc3c4c(c(=O)oc3c2)CCC4)cc1. The van der Waals surface area contributed by atoms with E-state index in [2.05, 4.69) is 0 Å². The molecule has 0 unspecified atom stereocenters. The van der Waals surface area contributed by atoms with E-state index >= 15 is 0 Å². The average Bonchev–Trinajstić information content (AvgIpc) is 3.11. The van der Waals surface area contributed by atoms with Crippen LogP contribution in [0.25, 0.3) is 11.0 Å². The van der Waals surface area contributed by atoms with Gasteiger partial charge >= 0.3 is 11.6 Å². The maximum absolute atomic E-state index is 12.1. The minimum Gasteiger partial charge on any atom is -0.489 e. The Balaban J connectivity index is 1.52. The molecule has 4 rings (SSSR count). The zero-order valence-electron chi connectivity index (χ0n) is 14.2. The van der Waals surface area contributed by atoms with E-state index in [1.165, 1.54) is 0 Å². The molecule has 26 heavy (non-hydrogen) atoms. The van der Waals surface area contributed by atoms with Gasteiger partial charge in [-0.15, -0.1) is 0 Å². The summed E-state index contributed by atoms with van der Waals surface area (Å²) in [4.78, 5) is 22.8. The van der Waals surface area contributed by atoms with Crippen LogP contribution >= 0.6 is 0 Å². The van der Waals surface area contributed by atoms with Gasteiger partial charge in [-0.05, 0) is 48.1 Å². The molecule has 1 N–H and O–H groups in total. The third-order valence-electron chi connectivity index (χ3n) is 4.73. The Kier molecular flexibility index (Phi) is 4.21. The summed E-state index contributed by atoms with van der Waals surface area (Å²) in [6, 6.07) is 12.9. The van der Waals surface area contributed by atoms with Crippen LogP contribution in [0.1, 0.15) is 28.7 Å². The van der Waals surface area contributed by atoms with E-state index in [9.17, 15) is 9.59 Å². The molecular weight excluding hydrogens is 332 g/mol. The van der Waals surface area contributed by atoms with Crippen LogP contribution in [0.5, 0.6) is 5.75 Å². The molecule has 3 aromatic rings. The molecule has 0 amide bonds. The van der Waals surface area contributed by atoms with Crippen molar-refractivity contribution in [2.45, 2.75) is 32.3 Å². The summed E-state index contributed by atoms with van der Waals surface area (Å²) in [5, 5.41) is 9.79. The molecular formula is C21H18O5. The van der Waals surface area contributed by atoms with Crippen LogP contribution in [0.4, 0.5) is 0 Å². The Labute approximate surface area is 149 Å². The molecule has 5 nitrogen and oxygen atoms in total. The maximum Gasteiger partial charge on any atom is 0.339 e. The molecule has 0 atom stereocenters. The molecule has 0 radical (unpaired) electrons. The van der Waals surface area contributed by atoms with E-state index in [-0.39, 0.29) is 12.0 Å². The number of benzene rings is 2. The molecule has 5 heteroatoms. The molecule has 1 aliphatic carbocycles. The Morgan fingerprint density at radius 2 is 1.77 bits per heavy atom. The molecule has 0 bridgehead atoms. The number of ether oxygens (including phenoxy) is 1. The zero-order chi connectivity index (χ0) is 18.1. The molecule has 2 aromatic carbocycles. The number of carbonyl (C=O) groups is 1.